The number of nitrogens with zero attached hydrogens (tertiary/aromatic N) is 2. The molecule has 0 bridgehead atoms. The summed E-state index contributed by atoms with van der Waals surface area (Å²) in [6.45, 7) is 0. The van der Waals surface area contributed by atoms with E-state index in [1.54, 1.807) is 18.3 Å². The molecule has 2 heterocycles. The van der Waals surface area contributed by atoms with Gasteiger partial charge >= 0.3 is 0 Å². The smallest absolute Gasteiger partial charge is 0.277 e. The minimum atomic E-state index is -0.335. The Balaban J connectivity index is 1.60. The van der Waals surface area contributed by atoms with E-state index in [4.69, 9.17) is 4.52 Å². The summed E-state index contributed by atoms with van der Waals surface area (Å²) in [5, 5.41) is 14.4. The molecule has 0 unspecified atom stereocenters. The van der Waals surface area contributed by atoms with E-state index in [0.717, 1.165) is 16.5 Å². The Morgan fingerprint density at radius 2 is 1.96 bits per heavy atom. The number of hydrogen-bond donors (Lipinski definition) is 2. The van der Waals surface area contributed by atoms with Gasteiger partial charge in [-0.3, -0.25) is 9.89 Å². The second-order valence-electron chi connectivity index (χ2n) is 5.04. The highest BCUT2D eigenvalue weighted by atomic mass is 16.5. The van der Waals surface area contributed by atoms with Gasteiger partial charge in [-0.1, -0.05) is 47.6 Å². The summed E-state index contributed by atoms with van der Waals surface area (Å²) in [6.07, 6.45) is 1.70. The van der Waals surface area contributed by atoms with Crippen molar-refractivity contribution in [3.8, 4) is 11.3 Å². The number of anilines is 1. The van der Waals surface area contributed by atoms with Crippen molar-refractivity contribution in [3.05, 3.63) is 66.5 Å². The largest absolute Gasteiger partial charge is 0.355 e. The number of hydrogen-bond acceptors (Lipinski definition) is 4. The number of aromatic nitrogens is 3. The molecule has 0 aliphatic carbocycles. The van der Waals surface area contributed by atoms with Crippen molar-refractivity contribution in [3.63, 3.8) is 0 Å². The van der Waals surface area contributed by atoms with Crippen LogP contribution in [0.15, 0.2) is 65.3 Å². The third-order valence-corrected chi connectivity index (χ3v) is 3.53. The molecule has 0 aliphatic rings. The van der Waals surface area contributed by atoms with Crippen molar-refractivity contribution in [2.75, 3.05) is 5.32 Å². The van der Waals surface area contributed by atoms with Crippen molar-refractivity contribution < 1.29 is 9.32 Å². The minimum absolute atomic E-state index is 0.223. The molecule has 6 nitrogen and oxygen atoms in total. The van der Waals surface area contributed by atoms with Crippen LogP contribution in [0.4, 0.5) is 5.69 Å². The van der Waals surface area contributed by atoms with Crippen LogP contribution in [0.2, 0.25) is 0 Å². The average Bonchev–Trinajstić information content (AvgIpc) is 3.25. The minimum Gasteiger partial charge on any atom is -0.355 e. The maximum atomic E-state index is 12.4. The van der Waals surface area contributed by atoms with Crippen LogP contribution in [-0.2, 0) is 0 Å². The molecule has 112 valence electrons. The van der Waals surface area contributed by atoms with Gasteiger partial charge in [-0.15, -0.1) is 0 Å². The Morgan fingerprint density at radius 3 is 2.83 bits per heavy atom. The lowest BCUT2D eigenvalue weighted by molar-refractivity contribution is 0.101. The number of carbonyl (C=O) groups excluding carboxylic acids is 1. The maximum Gasteiger partial charge on any atom is 0.277 e. The first kappa shape index (κ1) is 13.3. The molecule has 6 heteroatoms. The lowest BCUT2D eigenvalue weighted by Gasteiger charge is -2.03. The van der Waals surface area contributed by atoms with Crippen LogP contribution < -0.4 is 5.32 Å². The molecule has 0 atom stereocenters. The predicted molar refractivity (Wildman–Crippen MR) is 86.0 cm³/mol. The van der Waals surface area contributed by atoms with E-state index in [0.29, 0.717) is 11.4 Å². The summed E-state index contributed by atoms with van der Waals surface area (Å²) >= 11 is 0. The molecule has 4 aromatic rings. The van der Waals surface area contributed by atoms with Gasteiger partial charge in [0.15, 0.2) is 11.5 Å². The topological polar surface area (TPSA) is 83.8 Å². The number of rotatable bonds is 3. The quantitative estimate of drug-likeness (QED) is 0.607. The predicted octanol–water partition coefficient (Wildman–Crippen LogP) is 3.47. The average molecular weight is 304 g/mol. The summed E-state index contributed by atoms with van der Waals surface area (Å²) in [7, 11) is 0. The molecule has 0 radical (unpaired) electrons. The molecule has 0 saturated carbocycles. The van der Waals surface area contributed by atoms with E-state index in [1.807, 2.05) is 42.5 Å². The fourth-order valence-electron chi connectivity index (χ4n) is 2.38. The van der Waals surface area contributed by atoms with E-state index < -0.39 is 0 Å². The van der Waals surface area contributed by atoms with Crippen molar-refractivity contribution >= 4 is 22.5 Å². The maximum absolute atomic E-state index is 12.4. The van der Waals surface area contributed by atoms with Gasteiger partial charge in [-0.2, -0.15) is 5.10 Å². The molecule has 2 aromatic carbocycles. The summed E-state index contributed by atoms with van der Waals surface area (Å²) in [4.78, 5) is 12.4. The van der Waals surface area contributed by atoms with Gasteiger partial charge in [-0.05, 0) is 6.07 Å². The fraction of sp³-hybridized carbons (Fsp3) is 0. The zero-order valence-corrected chi connectivity index (χ0v) is 12.0. The Morgan fingerprint density at radius 1 is 1.09 bits per heavy atom. The molecule has 2 aromatic heterocycles. The highest BCUT2D eigenvalue weighted by molar-refractivity contribution is 6.07. The van der Waals surface area contributed by atoms with Gasteiger partial charge in [0.1, 0.15) is 0 Å². The second kappa shape index (κ2) is 5.42. The lowest BCUT2D eigenvalue weighted by Crippen LogP contribution is -2.12. The van der Waals surface area contributed by atoms with Crippen molar-refractivity contribution in [1.29, 1.82) is 0 Å². The number of nitrogens with one attached hydrogen (secondary N) is 2. The SMILES string of the molecule is O=C(Nc1cccc2cn[nH]c12)c1cc(-c2ccccc2)on1. The Labute approximate surface area is 131 Å². The number of aromatic amines is 1. The van der Waals surface area contributed by atoms with E-state index >= 15 is 0 Å². The number of carbonyl (C=O) groups is 1. The monoisotopic (exact) mass is 304 g/mol. The van der Waals surface area contributed by atoms with Gasteiger partial charge in [0.05, 0.1) is 17.4 Å². The van der Waals surface area contributed by atoms with Crippen LogP contribution in [0, 0.1) is 0 Å². The fourth-order valence-corrected chi connectivity index (χ4v) is 2.38. The molecule has 0 aliphatic heterocycles. The van der Waals surface area contributed by atoms with Gasteiger partial charge in [0, 0.05) is 17.0 Å². The Hall–Kier alpha value is -3.41. The molecular weight excluding hydrogens is 292 g/mol. The Kier molecular flexibility index (Phi) is 3.12. The molecule has 23 heavy (non-hydrogen) atoms. The molecule has 4 rings (SSSR count). The van der Waals surface area contributed by atoms with Crippen LogP contribution >= 0.6 is 0 Å². The zero-order chi connectivity index (χ0) is 15.6. The third kappa shape index (κ3) is 2.46. The highest BCUT2D eigenvalue weighted by Crippen LogP contribution is 2.23. The lowest BCUT2D eigenvalue weighted by atomic mass is 10.1. The number of para-hydroxylation sites is 1. The number of fused-ring (bicyclic) bond motifs is 1. The van der Waals surface area contributed by atoms with Gasteiger partial charge in [0.25, 0.3) is 5.91 Å². The van der Waals surface area contributed by atoms with Crippen LogP contribution in [0.5, 0.6) is 0 Å². The summed E-state index contributed by atoms with van der Waals surface area (Å²) in [5.74, 6) is 0.216. The molecule has 1 amide bonds. The van der Waals surface area contributed by atoms with Crippen molar-refractivity contribution in [2.24, 2.45) is 0 Å². The number of benzene rings is 2. The van der Waals surface area contributed by atoms with E-state index in [-0.39, 0.29) is 11.6 Å². The van der Waals surface area contributed by atoms with Crippen LogP contribution in [0.1, 0.15) is 10.5 Å². The first-order valence-electron chi connectivity index (χ1n) is 7.07. The standard InChI is InChI=1S/C17H12N4O2/c22-17(19-13-8-4-7-12-10-18-20-16(12)13)14-9-15(23-21-14)11-5-2-1-3-6-11/h1-10H,(H,18,20)(H,19,22). The van der Waals surface area contributed by atoms with E-state index in [9.17, 15) is 4.79 Å². The molecule has 0 saturated heterocycles. The van der Waals surface area contributed by atoms with E-state index in [1.165, 1.54) is 0 Å². The van der Waals surface area contributed by atoms with Crippen LogP contribution in [0.25, 0.3) is 22.2 Å². The van der Waals surface area contributed by atoms with Gasteiger partial charge < -0.3 is 9.84 Å². The first-order chi connectivity index (χ1) is 11.3. The van der Waals surface area contributed by atoms with Crippen molar-refractivity contribution in [2.45, 2.75) is 0 Å². The van der Waals surface area contributed by atoms with Crippen LogP contribution in [-0.4, -0.2) is 21.3 Å². The molecule has 0 spiro atoms. The van der Waals surface area contributed by atoms with Crippen molar-refractivity contribution in [1.82, 2.24) is 15.4 Å². The van der Waals surface area contributed by atoms with Gasteiger partial charge in [-0.25, -0.2) is 0 Å². The second-order valence-corrected chi connectivity index (χ2v) is 5.04. The molecule has 0 fully saturated rings. The number of H-pyrrole nitrogens is 1. The van der Waals surface area contributed by atoms with Gasteiger partial charge in [0.2, 0.25) is 0 Å². The third-order valence-electron chi connectivity index (χ3n) is 3.53. The summed E-state index contributed by atoms with van der Waals surface area (Å²) in [5.41, 5.74) is 2.51. The van der Waals surface area contributed by atoms with E-state index in [2.05, 4.69) is 20.7 Å². The summed E-state index contributed by atoms with van der Waals surface area (Å²) < 4.78 is 5.25. The summed E-state index contributed by atoms with van der Waals surface area (Å²) in [6, 6.07) is 16.7. The first-order valence-corrected chi connectivity index (χ1v) is 7.07. The molecular formula is C17H12N4O2. The Bertz CT molecular complexity index is 972. The van der Waals surface area contributed by atoms with Crippen LogP contribution in [0.3, 0.4) is 0 Å². The highest BCUT2D eigenvalue weighted by Gasteiger charge is 2.15. The molecule has 2 N–H and O–H groups in total. The number of amides is 1. The normalized spacial score (nSPS) is 10.8. The zero-order valence-electron chi connectivity index (χ0n) is 12.0.